The van der Waals surface area contributed by atoms with Crippen molar-refractivity contribution in [2.75, 3.05) is 13.1 Å². The number of aliphatic carboxylic acids is 1. The minimum atomic E-state index is -1.000. The summed E-state index contributed by atoms with van der Waals surface area (Å²) in [7, 11) is 0. The van der Waals surface area contributed by atoms with Crippen molar-refractivity contribution < 1.29 is 19.5 Å². The minimum absolute atomic E-state index is 0.0533. The molecule has 18 heavy (non-hydrogen) atoms. The summed E-state index contributed by atoms with van der Waals surface area (Å²) in [4.78, 5) is 33.4. The van der Waals surface area contributed by atoms with Gasteiger partial charge in [0.1, 0.15) is 0 Å². The van der Waals surface area contributed by atoms with Gasteiger partial charge < -0.3 is 15.7 Å². The lowest BCUT2D eigenvalue weighted by atomic mass is 9.94. The van der Waals surface area contributed by atoms with E-state index < -0.39 is 11.4 Å². The van der Waals surface area contributed by atoms with Gasteiger partial charge in [-0.25, -0.2) is 0 Å². The monoisotopic (exact) mass is 258 g/mol. The van der Waals surface area contributed by atoms with Crippen LogP contribution in [0, 0.1) is 5.41 Å². The summed E-state index contributed by atoms with van der Waals surface area (Å²) < 4.78 is 0. The number of carboxylic acid groups (broad SMARTS) is 1. The Morgan fingerprint density at radius 1 is 1.06 bits per heavy atom. The van der Waals surface area contributed by atoms with Crippen LogP contribution in [0.5, 0.6) is 0 Å². The Morgan fingerprint density at radius 3 is 2.00 bits per heavy atom. The number of carbonyl (C=O) groups is 3. The Hall–Kier alpha value is -1.59. The molecule has 0 aromatic heterocycles. The van der Waals surface area contributed by atoms with Gasteiger partial charge in [-0.05, 0) is 20.3 Å². The SMILES string of the molecule is CCCNC(=O)CCC(=O)NCC(C)(C)C(=O)O. The van der Waals surface area contributed by atoms with Crippen molar-refractivity contribution in [3.63, 3.8) is 0 Å². The molecule has 2 amide bonds. The van der Waals surface area contributed by atoms with Crippen LogP contribution in [0.25, 0.3) is 0 Å². The fraction of sp³-hybridized carbons (Fsp3) is 0.750. The zero-order valence-corrected chi connectivity index (χ0v) is 11.2. The predicted molar refractivity (Wildman–Crippen MR) is 67.0 cm³/mol. The number of carboxylic acids is 1. The highest BCUT2D eigenvalue weighted by Gasteiger charge is 2.27. The van der Waals surface area contributed by atoms with Gasteiger partial charge in [-0.2, -0.15) is 0 Å². The van der Waals surface area contributed by atoms with E-state index in [1.54, 1.807) is 0 Å². The summed E-state index contributed by atoms with van der Waals surface area (Å²) in [5, 5.41) is 14.0. The fourth-order valence-electron chi connectivity index (χ4n) is 1.06. The molecule has 0 heterocycles. The maximum absolute atomic E-state index is 11.4. The first-order valence-corrected chi connectivity index (χ1v) is 6.06. The first-order chi connectivity index (χ1) is 8.29. The molecule has 104 valence electrons. The van der Waals surface area contributed by atoms with Gasteiger partial charge in [-0.1, -0.05) is 6.92 Å². The molecule has 0 aliphatic rings. The molecule has 6 nitrogen and oxygen atoms in total. The summed E-state index contributed by atoms with van der Waals surface area (Å²) in [5.41, 5.74) is -1.000. The topological polar surface area (TPSA) is 95.5 Å². The largest absolute Gasteiger partial charge is 0.481 e. The third-order valence-electron chi connectivity index (χ3n) is 2.46. The molecule has 0 rings (SSSR count). The zero-order chi connectivity index (χ0) is 14.2. The third kappa shape index (κ3) is 6.88. The molecular formula is C12H22N2O4. The number of hydrogen-bond donors (Lipinski definition) is 3. The van der Waals surface area contributed by atoms with E-state index in [1.165, 1.54) is 13.8 Å². The Morgan fingerprint density at radius 2 is 1.56 bits per heavy atom. The van der Waals surface area contributed by atoms with Crippen molar-refractivity contribution in [2.24, 2.45) is 5.41 Å². The Kier molecular flexibility index (Phi) is 7.00. The highest BCUT2D eigenvalue weighted by atomic mass is 16.4. The lowest BCUT2D eigenvalue weighted by Crippen LogP contribution is -2.39. The van der Waals surface area contributed by atoms with Gasteiger partial charge in [0, 0.05) is 25.9 Å². The number of nitrogens with one attached hydrogen (secondary N) is 2. The quantitative estimate of drug-likeness (QED) is 0.591. The molecule has 0 aromatic carbocycles. The van der Waals surface area contributed by atoms with Crippen molar-refractivity contribution in [3.05, 3.63) is 0 Å². The van der Waals surface area contributed by atoms with E-state index in [2.05, 4.69) is 10.6 Å². The molecule has 0 aliphatic heterocycles. The standard InChI is InChI=1S/C12H22N2O4/c1-4-7-13-9(15)5-6-10(16)14-8-12(2,3)11(17)18/h4-8H2,1-3H3,(H,13,15)(H,14,16)(H,17,18). The third-order valence-corrected chi connectivity index (χ3v) is 2.46. The average Bonchev–Trinajstić information content (AvgIpc) is 2.31. The lowest BCUT2D eigenvalue weighted by molar-refractivity contribution is -0.146. The first kappa shape index (κ1) is 16.4. The molecule has 3 N–H and O–H groups in total. The van der Waals surface area contributed by atoms with E-state index in [0.29, 0.717) is 6.54 Å². The summed E-state index contributed by atoms with van der Waals surface area (Å²) in [6.45, 7) is 5.67. The van der Waals surface area contributed by atoms with Crippen molar-refractivity contribution in [1.82, 2.24) is 10.6 Å². The van der Waals surface area contributed by atoms with Crippen molar-refractivity contribution in [3.8, 4) is 0 Å². The van der Waals surface area contributed by atoms with Gasteiger partial charge in [-0.3, -0.25) is 14.4 Å². The highest BCUT2D eigenvalue weighted by Crippen LogP contribution is 2.13. The second kappa shape index (κ2) is 7.68. The number of hydrogen-bond acceptors (Lipinski definition) is 3. The molecule has 0 bridgehead atoms. The van der Waals surface area contributed by atoms with Crippen LogP contribution in [0.2, 0.25) is 0 Å². The van der Waals surface area contributed by atoms with Crippen LogP contribution in [0.1, 0.15) is 40.0 Å². The van der Waals surface area contributed by atoms with E-state index in [-0.39, 0.29) is 31.2 Å². The Labute approximate surface area is 107 Å². The number of amides is 2. The van der Waals surface area contributed by atoms with Gasteiger partial charge in [0.05, 0.1) is 5.41 Å². The molecule has 0 saturated carbocycles. The number of rotatable bonds is 8. The van der Waals surface area contributed by atoms with Gasteiger partial charge in [0.2, 0.25) is 11.8 Å². The van der Waals surface area contributed by atoms with Crippen LogP contribution in [0.15, 0.2) is 0 Å². The molecule has 0 spiro atoms. The summed E-state index contributed by atoms with van der Waals surface area (Å²) in [6, 6.07) is 0. The van der Waals surface area contributed by atoms with E-state index in [4.69, 9.17) is 5.11 Å². The molecule has 0 fully saturated rings. The van der Waals surface area contributed by atoms with Gasteiger partial charge in [0.25, 0.3) is 0 Å². The molecule has 0 atom stereocenters. The minimum Gasteiger partial charge on any atom is -0.481 e. The van der Waals surface area contributed by atoms with Crippen molar-refractivity contribution in [2.45, 2.75) is 40.0 Å². The van der Waals surface area contributed by atoms with Crippen LogP contribution >= 0.6 is 0 Å². The van der Waals surface area contributed by atoms with Crippen LogP contribution in [0.4, 0.5) is 0 Å². The molecule has 0 radical (unpaired) electrons. The Balaban J connectivity index is 3.85. The van der Waals surface area contributed by atoms with E-state index in [9.17, 15) is 14.4 Å². The lowest BCUT2D eigenvalue weighted by Gasteiger charge is -2.19. The molecule has 0 aliphatic carbocycles. The highest BCUT2D eigenvalue weighted by molar-refractivity contribution is 5.84. The normalized spacial score (nSPS) is 10.8. The van der Waals surface area contributed by atoms with Crippen molar-refractivity contribution in [1.29, 1.82) is 0 Å². The maximum Gasteiger partial charge on any atom is 0.310 e. The maximum atomic E-state index is 11.4. The first-order valence-electron chi connectivity index (χ1n) is 6.06. The molecule has 6 heteroatoms. The smallest absolute Gasteiger partial charge is 0.310 e. The van der Waals surface area contributed by atoms with Gasteiger partial charge in [0.15, 0.2) is 0 Å². The predicted octanol–water partition coefficient (Wildman–Crippen LogP) is 0.520. The summed E-state index contributed by atoms with van der Waals surface area (Å²) in [6.07, 6.45) is 1.05. The van der Waals surface area contributed by atoms with E-state index >= 15 is 0 Å². The fourth-order valence-corrected chi connectivity index (χ4v) is 1.06. The molecule has 0 unspecified atom stereocenters. The van der Waals surface area contributed by atoms with Crippen LogP contribution in [-0.2, 0) is 14.4 Å². The van der Waals surface area contributed by atoms with Crippen LogP contribution in [-0.4, -0.2) is 36.0 Å². The van der Waals surface area contributed by atoms with Gasteiger partial charge >= 0.3 is 5.97 Å². The van der Waals surface area contributed by atoms with Crippen LogP contribution < -0.4 is 10.6 Å². The Bertz CT molecular complexity index is 313. The average molecular weight is 258 g/mol. The van der Waals surface area contributed by atoms with Gasteiger partial charge in [-0.15, -0.1) is 0 Å². The summed E-state index contributed by atoms with van der Waals surface area (Å²) >= 11 is 0. The van der Waals surface area contributed by atoms with E-state index in [1.807, 2.05) is 6.92 Å². The second-order valence-corrected chi connectivity index (χ2v) is 4.82. The summed E-state index contributed by atoms with van der Waals surface area (Å²) in [5.74, 6) is -1.44. The number of carbonyl (C=O) groups excluding carboxylic acids is 2. The molecule has 0 saturated heterocycles. The molecular weight excluding hydrogens is 236 g/mol. The van der Waals surface area contributed by atoms with Crippen LogP contribution in [0.3, 0.4) is 0 Å². The van der Waals surface area contributed by atoms with E-state index in [0.717, 1.165) is 6.42 Å². The molecule has 0 aromatic rings. The zero-order valence-electron chi connectivity index (χ0n) is 11.2. The van der Waals surface area contributed by atoms with Crippen molar-refractivity contribution >= 4 is 17.8 Å². The second-order valence-electron chi connectivity index (χ2n) is 4.82.